The zero-order chi connectivity index (χ0) is 18.8. The number of nitrogens with one attached hydrogen (secondary N) is 1. The Morgan fingerprint density at radius 2 is 2.07 bits per heavy atom. The highest BCUT2D eigenvalue weighted by Gasteiger charge is 2.28. The molecule has 4 heterocycles. The molecule has 0 unspecified atom stereocenters. The van der Waals surface area contributed by atoms with Crippen molar-refractivity contribution in [3.05, 3.63) is 53.3 Å². The van der Waals surface area contributed by atoms with Crippen molar-refractivity contribution in [2.24, 2.45) is 4.99 Å². The van der Waals surface area contributed by atoms with E-state index in [1.807, 2.05) is 12.1 Å². The molecule has 0 saturated carbocycles. The Kier molecular flexibility index (Phi) is 4.82. The second-order valence-electron chi connectivity index (χ2n) is 7.24. The number of hydrogen-bond donors (Lipinski definition) is 1. The highest BCUT2D eigenvalue weighted by atomic mass is 15.4. The molecule has 27 heavy (non-hydrogen) atoms. The van der Waals surface area contributed by atoms with Gasteiger partial charge in [-0.2, -0.15) is 10.3 Å². The Bertz CT molecular complexity index is 840. The van der Waals surface area contributed by atoms with Gasteiger partial charge in [0.1, 0.15) is 11.9 Å². The normalized spacial score (nSPS) is 20.7. The highest BCUT2D eigenvalue weighted by Crippen LogP contribution is 2.29. The van der Waals surface area contributed by atoms with Gasteiger partial charge in [0.2, 0.25) is 5.96 Å². The lowest BCUT2D eigenvalue weighted by Gasteiger charge is -2.39. The zero-order valence-corrected chi connectivity index (χ0v) is 15.8. The third-order valence-electron chi connectivity index (χ3n) is 5.45. The van der Waals surface area contributed by atoms with Crippen molar-refractivity contribution >= 4 is 5.96 Å². The van der Waals surface area contributed by atoms with E-state index in [2.05, 4.69) is 44.7 Å². The van der Waals surface area contributed by atoms with Gasteiger partial charge in [-0.05, 0) is 25.0 Å². The summed E-state index contributed by atoms with van der Waals surface area (Å²) in [5, 5.41) is 12.7. The SMILES string of the molecule is C=C1NC(N2CCN(Cc3ncccc3C#N)CC2)=NC2=C1CCCN2C. The predicted molar refractivity (Wildman–Crippen MR) is 104 cm³/mol. The molecule has 1 aromatic heterocycles. The van der Waals surface area contributed by atoms with Crippen LogP contribution in [0.25, 0.3) is 0 Å². The number of aromatic nitrogens is 1. The Morgan fingerprint density at radius 1 is 1.26 bits per heavy atom. The summed E-state index contributed by atoms with van der Waals surface area (Å²) < 4.78 is 0. The van der Waals surface area contributed by atoms with E-state index in [1.165, 1.54) is 5.57 Å². The predicted octanol–water partition coefficient (Wildman–Crippen LogP) is 1.48. The number of pyridine rings is 1. The molecule has 1 aromatic rings. The third kappa shape index (κ3) is 3.53. The minimum Gasteiger partial charge on any atom is -0.359 e. The molecular weight excluding hydrogens is 338 g/mol. The monoisotopic (exact) mass is 363 g/mol. The number of piperazine rings is 1. The van der Waals surface area contributed by atoms with Crippen LogP contribution >= 0.6 is 0 Å². The molecule has 0 radical (unpaired) electrons. The number of rotatable bonds is 2. The Morgan fingerprint density at radius 3 is 2.85 bits per heavy atom. The van der Waals surface area contributed by atoms with Gasteiger partial charge >= 0.3 is 0 Å². The maximum absolute atomic E-state index is 9.24. The van der Waals surface area contributed by atoms with Crippen molar-refractivity contribution in [2.75, 3.05) is 39.8 Å². The van der Waals surface area contributed by atoms with Crippen molar-refractivity contribution in [1.29, 1.82) is 5.26 Å². The van der Waals surface area contributed by atoms with E-state index >= 15 is 0 Å². The molecule has 4 rings (SSSR count). The first kappa shape index (κ1) is 17.6. The van der Waals surface area contributed by atoms with Crippen molar-refractivity contribution in [3.63, 3.8) is 0 Å². The maximum atomic E-state index is 9.24. The number of nitriles is 1. The van der Waals surface area contributed by atoms with E-state index in [4.69, 9.17) is 4.99 Å². The number of hydrogen-bond acceptors (Lipinski definition) is 7. The van der Waals surface area contributed by atoms with Crippen LogP contribution in [0.1, 0.15) is 24.1 Å². The molecule has 0 aliphatic carbocycles. The lowest BCUT2D eigenvalue weighted by atomic mass is 10.0. The largest absolute Gasteiger partial charge is 0.359 e. The van der Waals surface area contributed by atoms with Crippen LogP contribution in [0.4, 0.5) is 0 Å². The second kappa shape index (κ2) is 7.41. The second-order valence-corrected chi connectivity index (χ2v) is 7.24. The summed E-state index contributed by atoms with van der Waals surface area (Å²) in [6.45, 7) is 9.57. The molecule has 140 valence electrons. The molecular formula is C20H25N7. The molecule has 3 aliphatic heterocycles. The number of guanidine groups is 1. The standard InChI is InChI=1S/C20H25N7/c1-15-17-6-4-8-25(2)19(17)24-20(23-15)27-11-9-26(10-12-27)14-18-16(13-21)5-3-7-22-18/h3,5,7H,1,4,6,8-12,14H2,2H3,(H,23,24). The Hall–Kier alpha value is -2.85. The lowest BCUT2D eigenvalue weighted by molar-refractivity contribution is 0.171. The number of allylic oxidation sites excluding steroid dienone is 1. The molecule has 1 N–H and O–H groups in total. The van der Waals surface area contributed by atoms with Crippen LogP contribution in [0.2, 0.25) is 0 Å². The van der Waals surface area contributed by atoms with Gasteiger partial charge in [0, 0.05) is 63.8 Å². The molecule has 0 atom stereocenters. The van der Waals surface area contributed by atoms with Crippen LogP contribution in [-0.4, -0.2) is 65.4 Å². The summed E-state index contributed by atoms with van der Waals surface area (Å²) in [6, 6.07) is 5.87. The van der Waals surface area contributed by atoms with Gasteiger partial charge in [-0.3, -0.25) is 9.88 Å². The number of aliphatic imine (C=N–C) groups is 1. The smallest absolute Gasteiger partial charge is 0.205 e. The first-order valence-electron chi connectivity index (χ1n) is 9.46. The summed E-state index contributed by atoms with van der Waals surface area (Å²) in [4.78, 5) is 16.1. The Labute approximate surface area is 160 Å². The highest BCUT2D eigenvalue weighted by molar-refractivity contribution is 5.85. The third-order valence-corrected chi connectivity index (χ3v) is 5.45. The minimum atomic E-state index is 0.661. The molecule has 3 aliphatic rings. The van der Waals surface area contributed by atoms with E-state index in [1.54, 1.807) is 6.20 Å². The van der Waals surface area contributed by atoms with Crippen LogP contribution < -0.4 is 5.32 Å². The van der Waals surface area contributed by atoms with Gasteiger partial charge in [0.25, 0.3) is 0 Å². The molecule has 7 heteroatoms. The molecule has 0 spiro atoms. The van der Waals surface area contributed by atoms with Crippen molar-refractivity contribution < 1.29 is 0 Å². The quantitative estimate of drug-likeness (QED) is 0.858. The molecule has 1 saturated heterocycles. The van der Waals surface area contributed by atoms with Gasteiger partial charge in [0.15, 0.2) is 0 Å². The van der Waals surface area contributed by atoms with Crippen molar-refractivity contribution in [2.45, 2.75) is 19.4 Å². The number of nitrogens with zero attached hydrogens (tertiary/aromatic N) is 6. The van der Waals surface area contributed by atoms with Gasteiger partial charge in [-0.15, -0.1) is 0 Å². The van der Waals surface area contributed by atoms with Crippen LogP contribution in [0.15, 0.2) is 47.0 Å². The maximum Gasteiger partial charge on any atom is 0.205 e. The van der Waals surface area contributed by atoms with E-state index in [9.17, 15) is 5.26 Å². The zero-order valence-electron chi connectivity index (χ0n) is 15.8. The van der Waals surface area contributed by atoms with E-state index < -0.39 is 0 Å². The minimum absolute atomic E-state index is 0.661. The fraction of sp³-hybridized carbons (Fsp3) is 0.450. The van der Waals surface area contributed by atoms with Gasteiger partial charge in [-0.1, -0.05) is 6.58 Å². The first-order chi connectivity index (χ1) is 13.2. The van der Waals surface area contributed by atoms with Crippen LogP contribution in [0.3, 0.4) is 0 Å². The van der Waals surface area contributed by atoms with Crippen LogP contribution in [0.5, 0.6) is 0 Å². The fourth-order valence-electron chi connectivity index (χ4n) is 3.86. The van der Waals surface area contributed by atoms with Crippen LogP contribution in [-0.2, 0) is 6.54 Å². The van der Waals surface area contributed by atoms with E-state index in [0.29, 0.717) is 12.1 Å². The summed E-state index contributed by atoms with van der Waals surface area (Å²) in [5.41, 5.74) is 3.74. The summed E-state index contributed by atoms with van der Waals surface area (Å²) in [5.74, 6) is 1.97. The average Bonchev–Trinajstić information content (AvgIpc) is 2.70. The molecule has 0 amide bonds. The van der Waals surface area contributed by atoms with E-state index in [0.717, 1.165) is 68.7 Å². The topological polar surface area (TPSA) is 70.8 Å². The molecule has 0 aromatic carbocycles. The first-order valence-corrected chi connectivity index (χ1v) is 9.46. The Balaban J connectivity index is 1.42. The summed E-state index contributed by atoms with van der Waals surface area (Å²) in [6.07, 6.45) is 3.95. The molecule has 0 bridgehead atoms. The van der Waals surface area contributed by atoms with Crippen molar-refractivity contribution in [1.82, 2.24) is 25.0 Å². The lowest BCUT2D eigenvalue weighted by Crippen LogP contribution is -2.53. The van der Waals surface area contributed by atoms with Crippen molar-refractivity contribution in [3.8, 4) is 6.07 Å². The fourth-order valence-corrected chi connectivity index (χ4v) is 3.86. The average molecular weight is 363 g/mol. The summed E-state index contributed by atoms with van der Waals surface area (Å²) in [7, 11) is 2.10. The molecule has 1 fully saturated rings. The van der Waals surface area contributed by atoms with E-state index in [-0.39, 0.29) is 0 Å². The van der Waals surface area contributed by atoms with Crippen LogP contribution in [0, 0.1) is 11.3 Å². The van der Waals surface area contributed by atoms with Gasteiger partial charge in [0.05, 0.1) is 11.3 Å². The van der Waals surface area contributed by atoms with Gasteiger partial charge < -0.3 is 15.1 Å². The summed E-state index contributed by atoms with van der Waals surface area (Å²) >= 11 is 0. The molecule has 7 nitrogen and oxygen atoms in total. The van der Waals surface area contributed by atoms with Gasteiger partial charge in [-0.25, -0.2) is 0 Å².